The predicted molar refractivity (Wildman–Crippen MR) is 113 cm³/mol. The van der Waals surface area contributed by atoms with Crippen molar-refractivity contribution >= 4 is 23.2 Å². The van der Waals surface area contributed by atoms with E-state index >= 15 is 0 Å². The van der Waals surface area contributed by atoms with Gasteiger partial charge in [-0.1, -0.05) is 18.2 Å². The largest absolute Gasteiger partial charge is 0.484 e. The average molecular weight is 431 g/mol. The van der Waals surface area contributed by atoms with Crippen LogP contribution < -0.4 is 20.9 Å². The number of anilines is 2. The van der Waals surface area contributed by atoms with E-state index < -0.39 is 10.8 Å². The standard InChI is InChI=1S/C19H25N7O5/c27-16(13-31-15-5-2-1-3-6-15)23-24-19-17(26(28)29)18(21-14-22-19)20-7-4-8-25-9-11-30-12-10-25/h1-3,5-6,14H,4,7-13H2,(H,23,27)(H2,20,21,22,24). The van der Waals surface area contributed by atoms with E-state index in [-0.39, 0.29) is 23.9 Å². The number of ether oxygens (including phenoxy) is 2. The van der Waals surface area contributed by atoms with Crippen LogP contribution in [-0.2, 0) is 9.53 Å². The fourth-order valence-electron chi connectivity index (χ4n) is 2.94. The molecule has 31 heavy (non-hydrogen) atoms. The summed E-state index contributed by atoms with van der Waals surface area (Å²) in [6.07, 6.45) is 1.98. The van der Waals surface area contributed by atoms with Gasteiger partial charge in [0.25, 0.3) is 5.91 Å². The van der Waals surface area contributed by atoms with E-state index in [4.69, 9.17) is 9.47 Å². The van der Waals surface area contributed by atoms with Crippen molar-refractivity contribution in [1.29, 1.82) is 0 Å². The molecule has 0 unspecified atom stereocenters. The molecule has 0 aliphatic carbocycles. The number of hydrogen-bond acceptors (Lipinski definition) is 10. The van der Waals surface area contributed by atoms with Crippen LogP contribution in [0.4, 0.5) is 17.3 Å². The summed E-state index contributed by atoms with van der Waals surface area (Å²) in [7, 11) is 0. The highest BCUT2D eigenvalue weighted by Crippen LogP contribution is 2.28. The number of morpholine rings is 1. The van der Waals surface area contributed by atoms with E-state index in [0.29, 0.717) is 12.3 Å². The number of carbonyl (C=O) groups is 1. The third kappa shape index (κ3) is 7.04. The van der Waals surface area contributed by atoms with Gasteiger partial charge in [0.15, 0.2) is 6.61 Å². The molecule has 12 heteroatoms. The maximum Gasteiger partial charge on any atom is 0.354 e. The molecule has 1 aromatic carbocycles. The molecule has 12 nitrogen and oxygen atoms in total. The smallest absolute Gasteiger partial charge is 0.354 e. The molecule has 3 N–H and O–H groups in total. The Kier molecular flexibility index (Phi) is 8.31. The highest BCUT2D eigenvalue weighted by molar-refractivity contribution is 5.80. The van der Waals surface area contributed by atoms with Gasteiger partial charge < -0.3 is 14.8 Å². The van der Waals surface area contributed by atoms with Gasteiger partial charge in [0, 0.05) is 19.6 Å². The molecule has 1 aromatic heterocycles. The molecule has 166 valence electrons. The van der Waals surface area contributed by atoms with Crippen molar-refractivity contribution in [2.75, 3.05) is 56.7 Å². The number of nitro groups is 1. The first kappa shape index (κ1) is 22.2. The van der Waals surface area contributed by atoms with Crippen LogP contribution in [0.3, 0.4) is 0 Å². The van der Waals surface area contributed by atoms with Crippen LogP contribution in [-0.4, -0.2) is 71.7 Å². The topological polar surface area (TPSA) is 144 Å². The van der Waals surface area contributed by atoms with Gasteiger partial charge in [-0.25, -0.2) is 9.97 Å². The molecule has 1 amide bonds. The zero-order chi connectivity index (χ0) is 21.9. The molecule has 1 saturated heterocycles. The maximum absolute atomic E-state index is 12.0. The van der Waals surface area contributed by atoms with Crippen LogP contribution in [0.5, 0.6) is 5.75 Å². The molecule has 0 saturated carbocycles. The number of rotatable bonds is 11. The van der Waals surface area contributed by atoms with Crippen molar-refractivity contribution in [1.82, 2.24) is 20.3 Å². The number of hydrazine groups is 1. The monoisotopic (exact) mass is 431 g/mol. The van der Waals surface area contributed by atoms with E-state index in [1.165, 1.54) is 6.33 Å². The highest BCUT2D eigenvalue weighted by atomic mass is 16.6. The van der Waals surface area contributed by atoms with Crippen LogP contribution in [0, 0.1) is 10.1 Å². The SMILES string of the molecule is O=C(COc1ccccc1)NNc1ncnc(NCCCN2CCOCC2)c1[N+](=O)[O-]. The average Bonchev–Trinajstić information content (AvgIpc) is 2.80. The summed E-state index contributed by atoms with van der Waals surface area (Å²) in [5.41, 5.74) is 4.48. The van der Waals surface area contributed by atoms with Crippen molar-refractivity contribution in [2.24, 2.45) is 0 Å². The van der Waals surface area contributed by atoms with Gasteiger partial charge in [0.1, 0.15) is 12.1 Å². The lowest BCUT2D eigenvalue weighted by Crippen LogP contribution is -2.37. The third-order valence-electron chi connectivity index (χ3n) is 4.49. The quantitative estimate of drug-likeness (QED) is 0.268. The fraction of sp³-hybridized carbons (Fsp3) is 0.421. The Bertz CT molecular complexity index is 862. The maximum atomic E-state index is 12.0. The van der Waals surface area contributed by atoms with Gasteiger partial charge in [0.05, 0.1) is 18.1 Å². The van der Waals surface area contributed by atoms with E-state index in [1.807, 2.05) is 6.07 Å². The Morgan fingerprint density at radius 1 is 1.19 bits per heavy atom. The predicted octanol–water partition coefficient (Wildman–Crippen LogP) is 1.04. The van der Waals surface area contributed by atoms with Crippen LogP contribution in [0.1, 0.15) is 6.42 Å². The van der Waals surface area contributed by atoms with Crippen molar-refractivity contribution in [3.63, 3.8) is 0 Å². The van der Waals surface area contributed by atoms with Gasteiger partial charge in [0.2, 0.25) is 11.6 Å². The van der Waals surface area contributed by atoms with Gasteiger partial charge in [-0.3, -0.25) is 30.7 Å². The number of nitrogens with zero attached hydrogens (tertiary/aromatic N) is 4. The number of carbonyl (C=O) groups excluding carboxylic acids is 1. The Balaban J connectivity index is 1.50. The Morgan fingerprint density at radius 3 is 2.68 bits per heavy atom. The summed E-state index contributed by atoms with van der Waals surface area (Å²) < 4.78 is 10.6. The molecule has 0 radical (unpaired) electrons. The summed E-state index contributed by atoms with van der Waals surface area (Å²) in [5, 5.41) is 14.5. The minimum Gasteiger partial charge on any atom is -0.484 e. The Labute approximate surface area is 179 Å². The summed E-state index contributed by atoms with van der Waals surface area (Å²) >= 11 is 0. The van der Waals surface area contributed by atoms with Crippen LogP contribution in [0.2, 0.25) is 0 Å². The van der Waals surface area contributed by atoms with E-state index in [0.717, 1.165) is 39.3 Å². The van der Waals surface area contributed by atoms with Gasteiger partial charge in [-0.15, -0.1) is 0 Å². The highest BCUT2D eigenvalue weighted by Gasteiger charge is 2.23. The molecule has 1 aliphatic rings. The zero-order valence-corrected chi connectivity index (χ0v) is 17.0. The Hall–Kier alpha value is -3.51. The number of hydrogen-bond donors (Lipinski definition) is 3. The first-order chi connectivity index (χ1) is 15.1. The van der Waals surface area contributed by atoms with Crippen molar-refractivity contribution in [2.45, 2.75) is 6.42 Å². The molecule has 1 fully saturated rings. The second-order valence-corrected chi connectivity index (χ2v) is 6.69. The molecule has 1 aliphatic heterocycles. The summed E-state index contributed by atoms with van der Waals surface area (Å²) in [4.78, 5) is 33.1. The van der Waals surface area contributed by atoms with E-state index in [2.05, 4.69) is 31.0 Å². The lowest BCUT2D eigenvalue weighted by atomic mass is 10.3. The van der Waals surface area contributed by atoms with Crippen LogP contribution >= 0.6 is 0 Å². The third-order valence-corrected chi connectivity index (χ3v) is 4.49. The lowest BCUT2D eigenvalue weighted by molar-refractivity contribution is -0.383. The first-order valence-corrected chi connectivity index (χ1v) is 9.89. The molecule has 0 bridgehead atoms. The second kappa shape index (κ2) is 11.6. The molecule has 0 atom stereocenters. The Morgan fingerprint density at radius 2 is 1.94 bits per heavy atom. The summed E-state index contributed by atoms with van der Waals surface area (Å²) in [6.45, 7) is 4.32. The molecular weight excluding hydrogens is 406 g/mol. The first-order valence-electron chi connectivity index (χ1n) is 9.89. The van der Waals surface area contributed by atoms with Gasteiger partial charge >= 0.3 is 5.69 Å². The normalized spacial score (nSPS) is 13.9. The molecule has 2 aromatic rings. The number of amides is 1. The van der Waals surface area contributed by atoms with Crippen molar-refractivity contribution < 1.29 is 19.2 Å². The molecular formula is C19H25N7O5. The molecule has 3 rings (SSSR count). The van der Waals surface area contributed by atoms with Gasteiger partial charge in [-0.2, -0.15) is 0 Å². The molecule has 2 heterocycles. The molecule has 0 spiro atoms. The number of para-hydroxylation sites is 1. The number of benzene rings is 1. The van der Waals surface area contributed by atoms with E-state index in [9.17, 15) is 14.9 Å². The summed E-state index contributed by atoms with van der Waals surface area (Å²) in [6, 6.07) is 8.83. The number of aromatic nitrogens is 2. The lowest BCUT2D eigenvalue weighted by Gasteiger charge is -2.26. The zero-order valence-electron chi connectivity index (χ0n) is 17.0. The minimum absolute atomic E-state index is 0.0827. The van der Waals surface area contributed by atoms with Crippen molar-refractivity contribution in [3.8, 4) is 5.75 Å². The van der Waals surface area contributed by atoms with Crippen LogP contribution in [0.25, 0.3) is 0 Å². The second-order valence-electron chi connectivity index (χ2n) is 6.69. The van der Waals surface area contributed by atoms with Crippen molar-refractivity contribution in [3.05, 3.63) is 46.8 Å². The summed E-state index contributed by atoms with van der Waals surface area (Å²) in [5.74, 6) is -0.0194. The van der Waals surface area contributed by atoms with Gasteiger partial charge in [-0.05, 0) is 25.1 Å². The minimum atomic E-state index is -0.598. The van der Waals surface area contributed by atoms with Crippen LogP contribution in [0.15, 0.2) is 36.7 Å². The number of nitrogens with one attached hydrogen (secondary N) is 3. The fourth-order valence-corrected chi connectivity index (χ4v) is 2.94. The van der Waals surface area contributed by atoms with E-state index in [1.54, 1.807) is 24.3 Å².